The van der Waals surface area contributed by atoms with E-state index in [0.717, 1.165) is 11.8 Å². The molecule has 138 valence electrons. The van der Waals surface area contributed by atoms with Gasteiger partial charge in [-0.3, -0.25) is 0 Å². The van der Waals surface area contributed by atoms with Crippen LogP contribution in [0.1, 0.15) is 23.6 Å². The fourth-order valence-corrected chi connectivity index (χ4v) is 3.91. The van der Waals surface area contributed by atoms with Gasteiger partial charge in [0, 0.05) is 24.7 Å². The molecule has 0 aromatic carbocycles. The van der Waals surface area contributed by atoms with Crippen LogP contribution in [0.3, 0.4) is 0 Å². The third-order valence-electron chi connectivity index (χ3n) is 3.60. The van der Waals surface area contributed by atoms with Crippen molar-refractivity contribution in [1.82, 2.24) is 19.5 Å². The van der Waals surface area contributed by atoms with E-state index < -0.39 is 11.9 Å². The molecule has 0 aliphatic rings. The van der Waals surface area contributed by atoms with E-state index in [-0.39, 0.29) is 21.4 Å². The summed E-state index contributed by atoms with van der Waals surface area (Å²) < 4.78 is 40.4. The molecular weight excluding hydrogens is 410 g/mol. The summed E-state index contributed by atoms with van der Waals surface area (Å²) in [5.74, 6) is -0.255. The molecule has 3 aromatic rings. The molecule has 1 unspecified atom stereocenters. The molecular formula is C15H12Cl2F3N5S. The zero-order valence-corrected chi connectivity index (χ0v) is 15.8. The number of hydrogen-bond acceptors (Lipinski definition) is 5. The number of nitrogens with zero attached hydrogens (tertiary/aromatic N) is 4. The first-order valence-corrected chi connectivity index (χ1v) is 8.89. The van der Waals surface area contributed by atoms with Crippen LogP contribution >= 0.6 is 35.0 Å². The zero-order valence-electron chi connectivity index (χ0n) is 13.5. The van der Waals surface area contributed by atoms with Gasteiger partial charge in [0.15, 0.2) is 16.0 Å². The molecule has 3 aromatic heterocycles. The van der Waals surface area contributed by atoms with Crippen LogP contribution in [-0.4, -0.2) is 19.5 Å². The van der Waals surface area contributed by atoms with E-state index in [1.807, 2.05) is 0 Å². The highest BCUT2D eigenvalue weighted by atomic mass is 35.5. The van der Waals surface area contributed by atoms with Gasteiger partial charge in [-0.2, -0.15) is 13.2 Å². The van der Waals surface area contributed by atoms with Gasteiger partial charge in [-0.1, -0.05) is 35.0 Å². The molecule has 1 atom stereocenters. The van der Waals surface area contributed by atoms with Crippen LogP contribution in [0.25, 0.3) is 10.9 Å². The highest BCUT2D eigenvalue weighted by Crippen LogP contribution is 2.38. The average Bonchev–Trinajstić information content (AvgIpc) is 2.80. The van der Waals surface area contributed by atoms with Gasteiger partial charge in [0.25, 0.3) is 0 Å². The number of halogens is 5. The SMILES string of the molecule is CC(Sc1nc(N)cc(C(F)(F)F)n1)c1cc2c(Cl)cn(C)c2c(Cl)n1. The molecule has 3 heterocycles. The first kappa shape index (κ1) is 19.1. The predicted molar refractivity (Wildman–Crippen MR) is 96.5 cm³/mol. The van der Waals surface area contributed by atoms with Gasteiger partial charge in [0.1, 0.15) is 5.82 Å². The Hall–Kier alpha value is -1.71. The van der Waals surface area contributed by atoms with Gasteiger partial charge in [0.2, 0.25) is 0 Å². The second kappa shape index (κ2) is 6.79. The largest absolute Gasteiger partial charge is 0.433 e. The van der Waals surface area contributed by atoms with Gasteiger partial charge in [-0.05, 0) is 13.0 Å². The van der Waals surface area contributed by atoms with Crippen molar-refractivity contribution in [2.45, 2.75) is 23.5 Å². The van der Waals surface area contributed by atoms with Crippen molar-refractivity contribution in [3.05, 3.63) is 39.9 Å². The number of nitrogen functional groups attached to an aromatic ring is 1. The first-order valence-electron chi connectivity index (χ1n) is 7.25. The monoisotopic (exact) mass is 421 g/mol. The molecule has 0 spiro atoms. The molecule has 5 nitrogen and oxygen atoms in total. The smallest absolute Gasteiger partial charge is 0.384 e. The van der Waals surface area contributed by atoms with Crippen LogP contribution in [-0.2, 0) is 13.2 Å². The maximum Gasteiger partial charge on any atom is 0.433 e. The average molecular weight is 422 g/mol. The molecule has 3 rings (SSSR count). The van der Waals surface area contributed by atoms with Crippen molar-refractivity contribution >= 4 is 51.7 Å². The summed E-state index contributed by atoms with van der Waals surface area (Å²) in [7, 11) is 1.79. The number of aryl methyl sites for hydroxylation is 1. The summed E-state index contributed by atoms with van der Waals surface area (Å²) in [5.41, 5.74) is 5.60. The van der Waals surface area contributed by atoms with E-state index in [4.69, 9.17) is 28.9 Å². The Bertz CT molecular complexity index is 990. The minimum absolute atomic E-state index is 0.0954. The van der Waals surface area contributed by atoms with Gasteiger partial charge >= 0.3 is 6.18 Å². The van der Waals surface area contributed by atoms with E-state index in [9.17, 15) is 13.2 Å². The quantitative estimate of drug-likeness (QED) is 0.360. The van der Waals surface area contributed by atoms with E-state index in [1.54, 1.807) is 30.8 Å². The number of thioether (sulfide) groups is 1. The summed E-state index contributed by atoms with van der Waals surface area (Å²) in [6, 6.07) is 2.44. The highest BCUT2D eigenvalue weighted by Gasteiger charge is 2.33. The van der Waals surface area contributed by atoms with E-state index >= 15 is 0 Å². The molecule has 2 N–H and O–H groups in total. The highest BCUT2D eigenvalue weighted by molar-refractivity contribution is 7.99. The third-order valence-corrected chi connectivity index (χ3v) is 5.15. The summed E-state index contributed by atoms with van der Waals surface area (Å²) in [5, 5.41) is 0.993. The predicted octanol–water partition coefficient (Wildman–Crippen LogP) is 5.12. The Kier molecular flexibility index (Phi) is 4.98. The lowest BCUT2D eigenvalue weighted by Crippen LogP contribution is -2.11. The molecule has 0 fully saturated rings. The molecule has 26 heavy (non-hydrogen) atoms. The Morgan fingerprint density at radius 2 is 1.88 bits per heavy atom. The number of pyridine rings is 1. The number of alkyl halides is 3. The normalized spacial score (nSPS) is 13.3. The van der Waals surface area contributed by atoms with Crippen LogP contribution < -0.4 is 5.73 Å². The van der Waals surface area contributed by atoms with Gasteiger partial charge in [-0.15, -0.1) is 0 Å². The lowest BCUT2D eigenvalue weighted by atomic mass is 10.2. The number of rotatable bonds is 3. The minimum Gasteiger partial charge on any atom is -0.384 e. The van der Waals surface area contributed by atoms with Crippen molar-refractivity contribution in [3.8, 4) is 0 Å². The Morgan fingerprint density at radius 3 is 2.54 bits per heavy atom. The summed E-state index contributed by atoms with van der Waals surface area (Å²) in [6.45, 7) is 1.76. The summed E-state index contributed by atoms with van der Waals surface area (Å²) >= 11 is 13.4. The van der Waals surface area contributed by atoms with Gasteiger partial charge in [-0.25, -0.2) is 15.0 Å². The van der Waals surface area contributed by atoms with Crippen molar-refractivity contribution in [2.24, 2.45) is 7.05 Å². The second-order valence-corrected chi connectivity index (χ2v) is 7.61. The number of aromatic nitrogens is 4. The number of nitrogens with two attached hydrogens (primary N) is 1. The Morgan fingerprint density at radius 1 is 1.19 bits per heavy atom. The van der Waals surface area contributed by atoms with Crippen molar-refractivity contribution in [2.75, 3.05) is 5.73 Å². The Balaban J connectivity index is 1.96. The van der Waals surface area contributed by atoms with Gasteiger partial charge in [0.05, 0.1) is 21.5 Å². The fraction of sp³-hybridized carbons (Fsp3) is 0.267. The first-order chi connectivity index (χ1) is 12.1. The van der Waals surface area contributed by atoms with Crippen LogP contribution in [0, 0.1) is 0 Å². The molecule has 11 heteroatoms. The van der Waals surface area contributed by atoms with Crippen LogP contribution in [0.4, 0.5) is 19.0 Å². The Labute approximate surface area is 160 Å². The minimum atomic E-state index is -4.60. The van der Waals surface area contributed by atoms with E-state index in [2.05, 4.69) is 15.0 Å². The lowest BCUT2D eigenvalue weighted by Gasteiger charge is -2.13. The van der Waals surface area contributed by atoms with Crippen molar-refractivity contribution < 1.29 is 13.2 Å². The third kappa shape index (κ3) is 3.70. The maximum absolute atomic E-state index is 12.9. The molecule has 0 saturated heterocycles. The van der Waals surface area contributed by atoms with Crippen molar-refractivity contribution in [3.63, 3.8) is 0 Å². The van der Waals surface area contributed by atoms with E-state index in [0.29, 0.717) is 27.7 Å². The topological polar surface area (TPSA) is 69.6 Å². The number of fused-ring (bicyclic) bond motifs is 1. The molecule has 0 bridgehead atoms. The molecule has 0 radical (unpaired) electrons. The molecule has 0 amide bonds. The zero-order chi connectivity index (χ0) is 19.2. The van der Waals surface area contributed by atoms with Gasteiger partial charge < -0.3 is 10.3 Å². The van der Waals surface area contributed by atoms with Crippen LogP contribution in [0.15, 0.2) is 23.5 Å². The van der Waals surface area contributed by atoms with E-state index in [1.165, 1.54) is 0 Å². The van der Waals surface area contributed by atoms with Crippen LogP contribution in [0.2, 0.25) is 10.2 Å². The van der Waals surface area contributed by atoms with Crippen LogP contribution in [0.5, 0.6) is 0 Å². The number of anilines is 1. The molecule has 0 aliphatic heterocycles. The summed E-state index contributed by atoms with van der Waals surface area (Å²) in [4.78, 5) is 11.7. The van der Waals surface area contributed by atoms with Crippen molar-refractivity contribution in [1.29, 1.82) is 0 Å². The maximum atomic E-state index is 12.9. The standard InChI is InChI=1S/C15H12Cl2F3N5S/c1-6(26-14-23-10(15(18,19)20)4-11(21)24-14)9-3-7-8(16)5-25(2)12(7)13(17)22-9/h3-6H,1-2H3,(H2,21,23,24). The lowest BCUT2D eigenvalue weighted by molar-refractivity contribution is -0.141. The number of hydrogen-bond donors (Lipinski definition) is 1. The fourth-order valence-electron chi connectivity index (χ4n) is 2.42. The molecule has 0 saturated carbocycles. The molecule has 0 aliphatic carbocycles. The second-order valence-electron chi connectivity index (χ2n) is 5.54. The summed E-state index contributed by atoms with van der Waals surface area (Å²) in [6.07, 6.45) is -2.90.